The van der Waals surface area contributed by atoms with Crippen molar-refractivity contribution in [1.82, 2.24) is 0 Å². The van der Waals surface area contributed by atoms with Crippen molar-refractivity contribution in [2.45, 2.75) is 4.90 Å². The molecule has 3 rings (SSSR count). The molecular formula is C23H25N7O5S. The monoisotopic (exact) mass is 511 g/mol. The molecule has 3 aromatic carbocycles. The van der Waals surface area contributed by atoms with E-state index >= 15 is 0 Å². The van der Waals surface area contributed by atoms with Crippen LogP contribution in [0.25, 0.3) is 6.08 Å². The lowest BCUT2D eigenvalue weighted by Crippen LogP contribution is -2.37. The Hall–Kier alpha value is -4.46. The molecule has 12 nitrogen and oxygen atoms in total. The number of methoxy groups -OCH3 is 2. The number of carbonyl (C=O) groups excluding carboxylic acids is 1. The molecule has 0 bridgehead atoms. The minimum Gasteiger partial charge on any atom is -0.493 e. The summed E-state index contributed by atoms with van der Waals surface area (Å²) in [6.45, 7) is 0. The largest absolute Gasteiger partial charge is 0.493 e. The first kappa shape index (κ1) is 26.2. The summed E-state index contributed by atoms with van der Waals surface area (Å²) in [5, 5.41) is 7.87. The predicted octanol–water partition coefficient (Wildman–Crippen LogP) is 2.65. The van der Waals surface area contributed by atoms with Crippen LogP contribution in [0, 0.1) is 0 Å². The Morgan fingerprint density at radius 1 is 0.944 bits per heavy atom. The normalized spacial score (nSPS) is 11.6. The highest BCUT2D eigenvalue weighted by Gasteiger charge is 2.24. The molecule has 0 aromatic heterocycles. The molecule has 0 saturated carbocycles. The van der Waals surface area contributed by atoms with Crippen molar-refractivity contribution in [2.24, 2.45) is 27.9 Å². The zero-order valence-electron chi connectivity index (χ0n) is 19.5. The Morgan fingerprint density at radius 3 is 2.25 bits per heavy atom. The summed E-state index contributed by atoms with van der Waals surface area (Å²) >= 11 is 0. The SMILES string of the molecule is COc1ccc(S(=O)(=O)N(N)c2ccc(/C=C/C(=O)N(N)c3ccccc3N=NN)cc2)cc1OC. The fraction of sp³-hybridized carbons (Fsp3) is 0.0870. The van der Waals surface area contributed by atoms with E-state index < -0.39 is 15.9 Å². The Balaban J connectivity index is 1.76. The molecule has 36 heavy (non-hydrogen) atoms. The number of benzene rings is 3. The van der Waals surface area contributed by atoms with Crippen LogP contribution >= 0.6 is 0 Å². The third-order valence-electron chi connectivity index (χ3n) is 5.02. The van der Waals surface area contributed by atoms with Crippen molar-refractivity contribution >= 4 is 39.1 Å². The van der Waals surface area contributed by atoms with Crippen molar-refractivity contribution in [1.29, 1.82) is 0 Å². The summed E-state index contributed by atoms with van der Waals surface area (Å²) in [4.78, 5) is 12.4. The van der Waals surface area contributed by atoms with Crippen LogP contribution in [0.15, 0.2) is 88.0 Å². The van der Waals surface area contributed by atoms with Gasteiger partial charge in [0.15, 0.2) is 11.5 Å². The topological polar surface area (TPSA) is 179 Å². The third-order valence-corrected chi connectivity index (χ3v) is 6.60. The second-order valence-electron chi connectivity index (χ2n) is 7.15. The van der Waals surface area contributed by atoms with Crippen molar-refractivity contribution in [3.63, 3.8) is 0 Å². The average molecular weight is 512 g/mol. The van der Waals surface area contributed by atoms with Crippen LogP contribution in [0.2, 0.25) is 0 Å². The van der Waals surface area contributed by atoms with Crippen LogP contribution in [-0.4, -0.2) is 28.5 Å². The molecule has 1 amide bonds. The van der Waals surface area contributed by atoms with Gasteiger partial charge >= 0.3 is 0 Å². The maximum atomic E-state index is 13.0. The number of hydrogen-bond donors (Lipinski definition) is 3. The first-order valence-electron chi connectivity index (χ1n) is 10.3. The van der Waals surface area contributed by atoms with Gasteiger partial charge in [-0.3, -0.25) is 4.79 Å². The molecule has 6 N–H and O–H groups in total. The average Bonchev–Trinajstić information content (AvgIpc) is 2.91. The molecule has 0 radical (unpaired) electrons. The van der Waals surface area contributed by atoms with Gasteiger partial charge in [0.2, 0.25) is 0 Å². The molecule has 188 valence electrons. The van der Waals surface area contributed by atoms with E-state index in [0.29, 0.717) is 27.1 Å². The zero-order valence-corrected chi connectivity index (χ0v) is 20.3. The van der Waals surface area contributed by atoms with Crippen LogP contribution in [0.4, 0.5) is 17.1 Å². The maximum absolute atomic E-state index is 13.0. The van der Waals surface area contributed by atoms with Gasteiger partial charge in [0.25, 0.3) is 15.9 Å². The Bertz CT molecular complexity index is 1390. The maximum Gasteiger partial charge on any atom is 0.277 e. The number of sulfonamides is 1. The Morgan fingerprint density at radius 2 is 1.61 bits per heavy atom. The Labute approximate surface area is 208 Å². The van der Waals surface area contributed by atoms with E-state index in [1.54, 1.807) is 36.4 Å². The number of ether oxygens (including phenoxy) is 2. The van der Waals surface area contributed by atoms with Crippen LogP contribution in [0.1, 0.15) is 5.56 Å². The summed E-state index contributed by atoms with van der Waals surface area (Å²) < 4.78 is 36.9. The van der Waals surface area contributed by atoms with Gasteiger partial charge in [0.05, 0.1) is 30.5 Å². The van der Waals surface area contributed by atoms with E-state index in [9.17, 15) is 13.2 Å². The van der Waals surface area contributed by atoms with Crippen molar-refractivity contribution in [3.8, 4) is 11.5 Å². The van der Waals surface area contributed by atoms with Crippen LogP contribution in [-0.2, 0) is 14.8 Å². The number of hydrogen-bond acceptors (Lipinski definition) is 9. The number of hydrazine groups is 2. The number of carbonyl (C=O) groups is 1. The van der Waals surface area contributed by atoms with Gasteiger partial charge in [-0.25, -0.2) is 21.1 Å². The Kier molecular flexibility index (Phi) is 8.22. The predicted molar refractivity (Wildman–Crippen MR) is 136 cm³/mol. The van der Waals surface area contributed by atoms with E-state index in [2.05, 4.69) is 10.3 Å². The van der Waals surface area contributed by atoms with Crippen molar-refractivity contribution in [3.05, 3.63) is 78.4 Å². The first-order valence-corrected chi connectivity index (χ1v) is 11.8. The van der Waals surface area contributed by atoms with Gasteiger partial charge in [0.1, 0.15) is 5.69 Å². The molecular weight excluding hydrogens is 486 g/mol. The van der Waals surface area contributed by atoms with E-state index in [0.717, 1.165) is 5.01 Å². The summed E-state index contributed by atoms with van der Waals surface area (Å²) in [6, 6.07) is 17.0. The third kappa shape index (κ3) is 5.60. The second-order valence-corrected chi connectivity index (χ2v) is 8.97. The molecule has 0 aliphatic rings. The van der Waals surface area contributed by atoms with E-state index in [1.165, 1.54) is 56.7 Å². The fourth-order valence-electron chi connectivity index (χ4n) is 3.14. The standard InChI is InChI=1S/C23H25N7O5S/c1-34-21-13-12-18(15-22(21)35-2)36(32,33)30(26)17-10-7-16(8-11-17)9-14-23(31)29(25)20-6-4-3-5-19(20)27-28-24/h3-15H,25-26H2,1-2H3,(H2,24,27)/b14-9+. The van der Waals surface area contributed by atoms with E-state index in [4.69, 9.17) is 27.0 Å². The lowest BCUT2D eigenvalue weighted by Gasteiger charge is -2.19. The minimum absolute atomic E-state index is 0.0743. The molecule has 0 atom stereocenters. The minimum atomic E-state index is -4.08. The van der Waals surface area contributed by atoms with Crippen LogP contribution in [0.3, 0.4) is 0 Å². The lowest BCUT2D eigenvalue weighted by molar-refractivity contribution is -0.114. The van der Waals surface area contributed by atoms with Crippen molar-refractivity contribution < 1.29 is 22.7 Å². The van der Waals surface area contributed by atoms with Gasteiger partial charge in [-0.2, -0.15) is 8.42 Å². The molecule has 0 aliphatic heterocycles. The molecule has 0 spiro atoms. The molecule has 0 fully saturated rings. The smallest absolute Gasteiger partial charge is 0.277 e. The molecule has 0 saturated heterocycles. The summed E-state index contributed by atoms with van der Waals surface area (Å²) in [7, 11) is -1.23. The number of para-hydroxylation sites is 1. The summed E-state index contributed by atoms with van der Waals surface area (Å²) in [5.74, 6) is 17.1. The molecule has 0 unspecified atom stereocenters. The van der Waals surface area contributed by atoms with E-state index in [1.807, 2.05) is 0 Å². The van der Waals surface area contributed by atoms with Gasteiger partial charge in [0, 0.05) is 12.1 Å². The highest BCUT2D eigenvalue weighted by atomic mass is 32.2. The fourth-order valence-corrected chi connectivity index (χ4v) is 4.27. The van der Waals surface area contributed by atoms with Gasteiger partial charge in [-0.1, -0.05) is 29.5 Å². The highest BCUT2D eigenvalue weighted by Crippen LogP contribution is 2.31. The highest BCUT2D eigenvalue weighted by molar-refractivity contribution is 7.92. The zero-order chi connectivity index (χ0) is 26.3. The van der Waals surface area contributed by atoms with Gasteiger partial charge in [-0.15, -0.1) is 5.11 Å². The number of rotatable bonds is 9. The lowest BCUT2D eigenvalue weighted by atomic mass is 10.2. The molecule has 3 aromatic rings. The van der Waals surface area contributed by atoms with Crippen LogP contribution < -0.4 is 36.4 Å². The summed E-state index contributed by atoms with van der Waals surface area (Å²) in [5.41, 5.74) is 1.45. The number of nitrogens with two attached hydrogens (primary N) is 3. The molecule has 0 aliphatic carbocycles. The number of anilines is 2. The summed E-state index contributed by atoms with van der Waals surface area (Å²) in [6.07, 6.45) is 2.77. The van der Waals surface area contributed by atoms with E-state index in [-0.39, 0.29) is 16.3 Å². The van der Waals surface area contributed by atoms with Gasteiger partial charge < -0.3 is 15.3 Å². The first-order chi connectivity index (χ1) is 17.2. The molecule has 0 heterocycles. The quantitative estimate of drug-likeness (QED) is 0.129. The van der Waals surface area contributed by atoms with Crippen molar-refractivity contribution in [2.75, 3.05) is 23.6 Å². The molecule has 13 heteroatoms. The number of nitrogens with zero attached hydrogens (tertiary/aromatic N) is 4. The van der Waals surface area contributed by atoms with Crippen LogP contribution in [0.5, 0.6) is 11.5 Å². The number of amides is 1. The second kappa shape index (κ2) is 11.3. The van der Waals surface area contributed by atoms with Gasteiger partial charge in [-0.05, 0) is 48.0 Å².